The Morgan fingerprint density at radius 1 is 0.833 bits per heavy atom. The topological polar surface area (TPSA) is 119 Å². The number of aromatic hydroxyl groups is 1. The molecular formula is C46H46N2O6. The third kappa shape index (κ3) is 7.67. The highest BCUT2D eigenvalue weighted by Gasteiger charge is 2.55. The van der Waals surface area contributed by atoms with Gasteiger partial charge in [-0.15, -0.1) is 0 Å². The first-order chi connectivity index (χ1) is 26.4. The summed E-state index contributed by atoms with van der Waals surface area (Å²) in [6.45, 7) is 1.84. The number of nitrogens with one attached hydrogen (secondary N) is 1. The van der Waals surface area contributed by atoms with E-state index in [-0.39, 0.29) is 30.6 Å². The Hall–Kier alpha value is -5.70. The quantitative estimate of drug-likeness (QED) is 0.0668. The van der Waals surface area contributed by atoms with Crippen molar-refractivity contribution in [3.8, 4) is 11.5 Å². The zero-order valence-corrected chi connectivity index (χ0v) is 30.4. The standard InChI is InChI=1S/C46H46N2O6/c1-2-11-30(26-31-19-25-41(50)38-17-10-9-16-37(31)38)18-24-42(51)43-32(29-54-36-14-7-4-8-15-36)27-39-44(40(43)28-49)46(53)48(45(39)52)35-22-20-34(21-23-35)47-33-12-5-3-6-13-33/h3-10,12-17,19-23,25-26,39-40,42,44,47,49-51H,2,11,18,24,27-29H2,1H3/b30-26+/t39-,40+,42-,44-/m1/s1. The van der Waals surface area contributed by atoms with Crippen molar-refractivity contribution in [1.82, 2.24) is 0 Å². The minimum absolute atomic E-state index is 0.120. The smallest absolute Gasteiger partial charge is 0.238 e. The van der Waals surface area contributed by atoms with E-state index in [4.69, 9.17) is 4.74 Å². The fourth-order valence-electron chi connectivity index (χ4n) is 8.14. The first kappa shape index (κ1) is 36.6. The fraction of sp³-hybridized carbons (Fsp3) is 0.261. The molecule has 8 nitrogen and oxygen atoms in total. The van der Waals surface area contributed by atoms with Gasteiger partial charge in [0.1, 0.15) is 18.1 Å². The number of phenolic OH excluding ortho intramolecular Hbond substituents is 1. The molecule has 1 saturated heterocycles. The van der Waals surface area contributed by atoms with E-state index in [1.54, 1.807) is 18.2 Å². The van der Waals surface area contributed by atoms with E-state index in [2.05, 4.69) is 18.3 Å². The van der Waals surface area contributed by atoms with Crippen LogP contribution in [0.3, 0.4) is 0 Å². The van der Waals surface area contributed by atoms with Gasteiger partial charge in [0.15, 0.2) is 0 Å². The summed E-state index contributed by atoms with van der Waals surface area (Å²) < 4.78 is 6.20. The number of amides is 2. The van der Waals surface area contributed by atoms with Crippen LogP contribution in [0.5, 0.6) is 11.5 Å². The van der Waals surface area contributed by atoms with Gasteiger partial charge in [0.25, 0.3) is 0 Å². The molecule has 54 heavy (non-hydrogen) atoms. The van der Waals surface area contributed by atoms with Gasteiger partial charge in [0.05, 0.1) is 30.2 Å². The number of hydrogen-bond acceptors (Lipinski definition) is 7. The van der Waals surface area contributed by atoms with Crippen LogP contribution in [0.2, 0.25) is 0 Å². The first-order valence-electron chi connectivity index (χ1n) is 18.7. The lowest BCUT2D eigenvalue weighted by Gasteiger charge is -2.36. The summed E-state index contributed by atoms with van der Waals surface area (Å²) in [6, 6.07) is 37.7. The van der Waals surface area contributed by atoms with Gasteiger partial charge in [-0.1, -0.05) is 91.7 Å². The highest BCUT2D eigenvalue weighted by atomic mass is 16.5. The summed E-state index contributed by atoms with van der Waals surface area (Å²) in [4.78, 5) is 29.6. The summed E-state index contributed by atoms with van der Waals surface area (Å²) in [7, 11) is 0. The average Bonchev–Trinajstić information content (AvgIpc) is 3.45. The van der Waals surface area contributed by atoms with Crippen molar-refractivity contribution in [2.45, 2.75) is 45.1 Å². The number of phenols is 1. The molecule has 0 radical (unpaired) electrons. The Balaban J connectivity index is 1.16. The van der Waals surface area contributed by atoms with Gasteiger partial charge in [-0.25, -0.2) is 0 Å². The van der Waals surface area contributed by atoms with E-state index < -0.39 is 30.5 Å². The molecule has 276 valence electrons. The van der Waals surface area contributed by atoms with E-state index in [0.29, 0.717) is 29.9 Å². The monoisotopic (exact) mass is 722 g/mol. The lowest BCUT2D eigenvalue weighted by atomic mass is 9.68. The van der Waals surface area contributed by atoms with Crippen molar-refractivity contribution in [3.05, 3.63) is 144 Å². The van der Waals surface area contributed by atoms with Gasteiger partial charge >= 0.3 is 0 Å². The van der Waals surface area contributed by atoms with E-state index >= 15 is 0 Å². The molecule has 1 aliphatic carbocycles. The van der Waals surface area contributed by atoms with Crippen LogP contribution in [0.4, 0.5) is 17.1 Å². The number of ether oxygens (including phenoxy) is 1. The van der Waals surface area contributed by atoms with Crippen LogP contribution in [-0.4, -0.2) is 46.5 Å². The zero-order valence-electron chi connectivity index (χ0n) is 30.4. The minimum Gasteiger partial charge on any atom is -0.507 e. The Bertz CT molecular complexity index is 2160. The van der Waals surface area contributed by atoms with Gasteiger partial charge in [-0.3, -0.25) is 14.5 Å². The third-order valence-electron chi connectivity index (χ3n) is 10.7. The highest BCUT2D eigenvalue weighted by Crippen LogP contribution is 2.47. The van der Waals surface area contributed by atoms with Crippen molar-refractivity contribution in [2.24, 2.45) is 17.8 Å². The SMILES string of the molecule is CCC/C(=C\c1ccc(O)c2ccccc12)CC[C@@H](O)C1=C(COc2ccccc2)C[C@H]2C(=O)N(c3ccc(Nc4ccccc4)cc3)C(=O)[C@H]2[C@H]1CO. The number of hydrogen-bond donors (Lipinski definition) is 4. The summed E-state index contributed by atoms with van der Waals surface area (Å²) >= 11 is 0. The lowest BCUT2D eigenvalue weighted by Crippen LogP contribution is -2.40. The molecule has 8 heteroatoms. The van der Waals surface area contributed by atoms with Crippen LogP contribution in [-0.2, 0) is 9.59 Å². The molecule has 5 aromatic carbocycles. The maximum Gasteiger partial charge on any atom is 0.238 e. The number of carbonyl (C=O) groups excluding carboxylic acids is 2. The third-order valence-corrected chi connectivity index (χ3v) is 10.7. The number of aliphatic hydroxyl groups excluding tert-OH is 2. The van der Waals surface area contributed by atoms with Crippen molar-refractivity contribution in [3.63, 3.8) is 0 Å². The van der Waals surface area contributed by atoms with Crippen LogP contribution >= 0.6 is 0 Å². The largest absolute Gasteiger partial charge is 0.507 e. The molecule has 0 bridgehead atoms. The summed E-state index contributed by atoms with van der Waals surface area (Å²) in [5.74, 6) is -2.07. The average molecular weight is 723 g/mol. The van der Waals surface area contributed by atoms with Gasteiger partial charge in [-0.2, -0.15) is 0 Å². The number of anilines is 3. The highest BCUT2D eigenvalue weighted by molar-refractivity contribution is 6.22. The predicted molar refractivity (Wildman–Crippen MR) is 214 cm³/mol. The van der Waals surface area contributed by atoms with Crippen LogP contribution in [0.25, 0.3) is 16.8 Å². The second-order valence-corrected chi connectivity index (χ2v) is 14.2. The van der Waals surface area contributed by atoms with Crippen LogP contribution in [0.1, 0.15) is 44.6 Å². The molecule has 1 fully saturated rings. The number of para-hydroxylation sites is 2. The Labute approximate surface area is 316 Å². The minimum atomic E-state index is -0.977. The van der Waals surface area contributed by atoms with Gasteiger partial charge in [0.2, 0.25) is 11.8 Å². The number of allylic oxidation sites excluding steroid dienone is 1. The number of nitrogens with zero attached hydrogens (tertiary/aromatic N) is 1. The van der Waals surface area contributed by atoms with E-state index in [0.717, 1.165) is 51.7 Å². The summed E-state index contributed by atoms with van der Waals surface area (Å²) in [6.07, 6.45) is 4.08. The van der Waals surface area contributed by atoms with Gasteiger partial charge in [-0.05, 0) is 102 Å². The number of rotatable bonds is 14. The van der Waals surface area contributed by atoms with Gasteiger partial charge < -0.3 is 25.4 Å². The number of carbonyl (C=O) groups is 2. The van der Waals surface area contributed by atoms with Crippen molar-refractivity contribution >= 4 is 45.7 Å². The molecule has 2 aliphatic rings. The number of aliphatic hydroxyl groups is 2. The summed E-state index contributed by atoms with van der Waals surface area (Å²) in [5, 5.41) is 38.5. The molecule has 0 unspecified atom stereocenters. The number of imide groups is 1. The second-order valence-electron chi connectivity index (χ2n) is 14.2. The van der Waals surface area contributed by atoms with Crippen molar-refractivity contribution < 1.29 is 29.6 Å². The first-order valence-corrected chi connectivity index (χ1v) is 18.7. The molecule has 1 heterocycles. The van der Waals surface area contributed by atoms with E-state index in [1.807, 2.05) is 103 Å². The van der Waals surface area contributed by atoms with Crippen LogP contribution < -0.4 is 15.0 Å². The maximum atomic E-state index is 14.3. The second kappa shape index (κ2) is 16.5. The van der Waals surface area contributed by atoms with E-state index in [1.165, 1.54) is 4.90 Å². The number of fused-ring (bicyclic) bond motifs is 2. The fourth-order valence-corrected chi connectivity index (χ4v) is 8.14. The molecule has 5 aromatic rings. The molecule has 4 N–H and O–H groups in total. The van der Waals surface area contributed by atoms with Crippen molar-refractivity contribution in [2.75, 3.05) is 23.4 Å². The predicted octanol–water partition coefficient (Wildman–Crippen LogP) is 8.81. The van der Waals surface area contributed by atoms with Crippen LogP contribution in [0, 0.1) is 17.8 Å². The Kier molecular flexibility index (Phi) is 11.2. The van der Waals surface area contributed by atoms with Gasteiger partial charge in [0, 0.05) is 22.7 Å². The van der Waals surface area contributed by atoms with Crippen LogP contribution in [0.15, 0.2) is 138 Å². The zero-order chi connectivity index (χ0) is 37.6. The molecule has 2 amide bonds. The molecule has 4 atom stereocenters. The van der Waals surface area contributed by atoms with Crippen molar-refractivity contribution in [1.29, 1.82) is 0 Å². The van der Waals surface area contributed by atoms with E-state index in [9.17, 15) is 24.9 Å². The Morgan fingerprint density at radius 3 is 2.20 bits per heavy atom. The lowest BCUT2D eigenvalue weighted by molar-refractivity contribution is -0.123. The molecule has 7 rings (SSSR count). The normalized spacial score (nSPS) is 19.3. The molecule has 0 saturated carbocycles. The molecular weight excluding hydrogens is 677 g/mol. The molecule has 0 spiro atoms. The Morgan fingerprint density at radius 2 is 1.50 bits per heavy atom. The summed E-state index contributed by atoms with van der Waals surface area (Å²) in [5.41, 5.74) is 5.67. The molecule has 1 aliphatic heterocycles. The molecule has 0 aromatic heterocycles. The number of benzene rings is 5. The maximum absolute atomic E-state index is 14.3.